The standard InChI is InChI=1S/C13H20N2O2/c1-9(2)17-8-13(16)15-12-7-5-4-6-11(12)10(3)14/h4-7,9-10H,8,14H2,1-3H3,(H,15,16). The van der Waals surface area contributed by atoms with Gasteiger partial charge >= 0.3 is 0 Å². The number of para-hydroxylation sites is 1. The molecule has 1 atom stereocenters. The van der Waals surface area contributed by atoms with Crippen molar-refractivity contribution in [3.05, 3.63) is 29.8 Å². The van der Waals surface area contributed by atoms with E-state index in [4.69, 9.17) is 10.5 Å². The summed E-state index contributed by atoms with van der Waals surface area (Å²) in [6.45, 7) is 5.73. The van der Waals surface area contributed by atoms with Crippen LogP contribution in [0.4, 0.5) is 5.69 Å². The van der Waals surface area contributed by atoms with Crippen LogP contribution >= 0.6 is 0 Å². The van der Waals surface area contributed by atoms with Crippen molar-refractivity contribution in [1.82, 2.24) is 0 Å². The Hall–Kier alpha value is -1.39. The second-order valence-corrected chi connectivity index (χ2v) is 4.28. The number of hydrogen-bond donors (Lipinski definition) is 2. The van der Waals surface area contributed by atoms with Crippen molar-refractivity contribution < 1.29 is 9.53 Å². The summed E-state index contributed by atoms with van der Waals surface area (Å²) in [7, 11) is 0. The van der Waals surface area contributed by atoms with E-state index in [0.29, 0.717) is 0 Å². The van der Waals surface area contributed by atoms with Crippen molar-refractivity contribution >= 4 is 11.6 Å². The number of rotatable bonds is 5. The topological polar surface area (TPSA) is 64.3 Å². The van der Waals surface area contributed by atoms with Crippen molar-refractivity contribution in [2.24, 2.45) is 5.73 Å². The zero-order valence-corrected chi connectivity index (χ0v) is 10.6. The Morgan fingerprint density at radius 2 is 2.00 bits per heavy atom. The normalized spacial score (nSPS) is 12.5. The predicted octanol–water partition coefficient (Wildman–Crippen LogP) is 2.07. The Balaban J connectivity index is 2.65. The van der Waals surface area contributed by atoms with Gasteiger partial charge in [0.15, 0.2) is 0 Å². The molecule has 1 aromatic carbocycles. The summed E-state index contributed by atoms with van der Waals surface area (Å²) in [5.41, 5.74) is 7.50. The zero-order valence-electron chi connectivity index (χ0n) is 10.6. The van der Waals surface area contributed by atoms with Crippen molar-refractivity contribution in [3.63, 3.8) is 0 Å². The minimum absolute atomic E-state index is 0.0458. The van der Waals surface area contributed by atoms with Gasteiger partial charge in [0.1, 0.15) is 6.61 Å². The summed E-state index contributed by atoms with van der Waals surface area (Å²) in [4.78, 5) is 11.6. The predicted molar refractivity (Wildman–Crippen MR) is 68.8 cm³/mol. The monoisotopic (exact) mass is 236 g/mol. The summed E-state index contributed by atoms with van der Waals surface area (Å²) in [6.07, 6.45) is 0.0458. The Labute approximate surface area is 102 Å². The van der Waals surface area contributed by atoms with Gasteiger partial charge in [-0.2, -0.15) is 0 Å². The Morgan fingerprint density at radius 3 is 2.59 bits per heavy atom. The molecule has 0 spiro atoms. The summed E-state index contributed by atoms with van der Waals surface area (Å²) in [5, 5.41) is 2.80. The molecule has 0 fully saturated rings. The van der Waals surface area contributed by atoms with Gasteiger partial charge < -0.3 is 15.8 Å². The maximum atomic E-state index is 11.6. The number of ether oxygens (including phenoxy) is 1. The zero-order chi connectivity index (χ0) is 12.8. The number of anilines is 1. The highest BCUT2D eigenvalue weighted by molar-refractivity contribution is 5.92. The molecule has 0 radical (unpaired) electrons. The summed E-state index contributed by atoms with van der Waals surface area (Å²) < 4.78 is 5.23. The molecule has 17 heavy (non-hydrogen) atoms. The Morgan fingerprint density at radius 1 is 1.35 bits per heavy atom. The van der Waals surface area contributed by atoms with E-state index in [0.717, 1.165) is 11.3 Å². The van der Waals surface area contributed by atoms with Crippen LogP contribution in [0.25, 0.3) is 0 Å². The summed E-state index contributed by atoms with van der Waals surface area (Å²) in [5.74, 6) is -0.160. The van der Waals surface area contributed by atoms with E-state index >= 15 is 0 Å². The Kier molecular flexibility index (Phi) is 5.12. The van der Waals surface area contributed by atoms with E-state index in [2.05, 4.69) is 5.32 Å². The lowest BCUT2D eigenvalue weighted by Crippen LogP contribution is -2.22. The molecule has 3 N–H and O–H groups in total. The average Bonchev–Trinajstić information content (AvgIpc) is 2.27. The first-order chi connectivity index (χ1) is 8.00. The lowest BCUT2D eigenvalue weighted by Gasteiger charge is -2.14. The van der Waals surface area contributed by atoms with Crippen molar-refractivity contribution in [2.45, 2.75) is 32.9 Å². The molecule has 0 saturated heterocycles. The van der Waals surface area contributed by atoms with Gasteiger partial charge in [-0.1, -0.05) is 18.2 Å². The quantitative estimate of drug-likeness (QED) is 0.822. The molecule has 1 aromatic rings. The number of nitrogens with one attached hydrogen (secondary N) is 1. The number of carbonyl (C=O) groups is 1. The van der Waals surface area contributed by atoms with E-state index in [1.807, 2.05) is 45.0 Å². The van der Waals surface area contributed by atoms with E-state index in [1.165, 1.54) is 0 Å². The molecule has 0 aliphatic rings. The van der Waals surface area contributed by atoms with E-state index in [-0.39, 0.29) is 24.7 Å². The molecule has 0 aliphatic heterocycles. The highest BCUT2D eigenvalue weighted by Crippen LogP contribution is 2.20. The van der Waals surface area contributed by atoms with Gasteiger partial charge in [0.2, 0.25) is 5.91 Å². The summed E-state index contributed by atoms with van der Waals surface area (Å²) in [6, 6.07) is 7.40. The second kappa shape index (κ2) is 6.37. The number of carbonyl (C=O) groups excluding carboxylic acids is 1. The SMILES string of the molecule is CC(C)OCC(=O)Nc1ccccc1C(C)N. The molecule has 0 aliphatic carbocycles. The van der Waals surface area contributed by atoms with Gasteiger partial charge in [-0.05, 0) is 32.4 Å². The molecule has 4 heteroatoms. The number of hydrogen-bond acceptors (Lipinski definition) is 3. The third kappa shape index (κ3) is 4.54. The van der Waals surface area contributed by atoms with E-state index < -0.39 is 0 Å². The van der Waals surface area contributed by atoms with Crippen molar-refractivity contribution in [1.29, 1.82) is 0 Å². The maximum absolute atomic E-state index is 11.6. The fourth-order valence-electron chi connectivity index (χ4n) is 1.44. The van der Waals surface area contributed by atoms with Gasteiger partial charge in [-0.25, -0.2) is 0 Å². The second-order valence-electron chi connectivity index (χ2n) is 4.28. The number of amides is 1. The lowest BCUT2D eigenvalue weighted by atomic mass is 10.1. The fraction of sp³-hybridized carbons (Fsp3) is 0.462. The molecule has 0 heterocycles. The van der Waals surface area contributed by atoms with Crippen molar-refractivity contribution in [2.75, 3.05) is 11.9 Å². The molecule has 94 valence electrons. The minimum Gasteiger partial charge on any atom is -0.369 e. The molecule has 0 aromatic heterocycles. The molecule has 4 nitrogen and oxygen atoms in total. The third-order valence-corrected chi connectivity index (χ3v) is 2.27. The number of benzene rings is 1. The van der Waals surface area contributed by atoms with Crippen LogP contribution in [-0.2, 0) is 9.53 Å². The van der Waals surface area contributed by atoms with Crippen LogP contribution in [0.1, 0.15) is 32.4 Å². The van der Waals surface area contributed by atoms with Gasteiger partial charge in [0.05, 0.1) is 6.10 Å². The first-order valence-corrected chi connectivity index (χ1v) is 5.76. The van der Waals surface area contributed by atoms with E-state index in [9.17, 15) is 4.79 Å². The highest BCUT2D eigenvalue weighted by atomic mass is 16.5. The molecule has 1 rings (SSSR count). The molecular formula is C13H20N2O2. The third-order valence-electron chi connectivity index (χ3n) is 2.27. The Bertz CT molecular complexity index is 375. The largest absolute Gasteiger partial charge is 0.369 e. The maximum Gasteiger partial charge on any atom is 0.250 e. The van der Waals surface area contributed by atoms with Gasteiger partial charge in [0.25, 0.3) is 0 Å². The first-order valence-electron chi connectivity index (χ1n) is 5.76. The molecule has 0 bridgehead atoms. The average molecular weight is 236 g/mol. The van der Waals surface area contributed by atoms with Crippen LogP contribution in [-0.4, -0.2) is 18.6 Å². The van der Waals surface area contributed by atoms with Gasteiger partial charge in [0, 0.05) is 11.7 Å². The van der Waals surface area contributed by atoms with Crippen LogP contribution in [0, 0.1) is 0 Å². The van der Waals surface area contributed by atoms with Gasteiger partial charge in [-0.15, -0.1) is 0 Å². The smallest absolute Gasteiger partial charge is 0.250 e. The highest BCUT2D eigenvalue weighted by Gasteiger charge is 2.09. The van der Waals surface area contributed by atoms with Crippen LogP contribution in [0.15, 0.2) is 24.3 Å². The minimum atomic E-state index is -0.160. The fourth-order valence-corrected chi connectivity index (χ4v) is 1.44. The lowest BCUT2D eigenvalue weighted by molar-refractivity contribution is -0.121. The molecular weight excluding hydrogens is 216 g/mol. The first kappa shape index (κ1) is 13.7. The van der Waals surface area contributed by atoms with Crippen molar-refractivity contribution in [3.8, 4) is 0 Å². The molecule has 1 unspecified atom stereocenters. The van der Waals surface area contributed by atoms with Gasteiger partial charge in [-0.3, -0.25) is 4.79 Å². The number of nitrogens with two attached hydrogens (primary N) is 1. The molecule has 1 amide bonds. The van der Waals surface area contributed by atoms with Crippen LogP contribution in [0.2, 0.25) is 0 Å². The van der Waals surface area contributed by atoms with E-state index in [1.54, 1.807) is 0 Å². The summed E-state index contributed by atoms with van der Waals surface area (Å²) >= 11 is 0. The van der Waals surface area contributed by atoms with Crippen LogP contribution in [0.5, 0.6) is 0 Å². The van der Waals surface area contributed by atoms with Crippen LogP contribution in [0.3, 0.4) is 0 Å². The molecule has 0 saturated carbocycles. The van der Waals surface area contributed by atoms with Crippen LogP contribution < -0.4 is 11.1 Å².